The predicted octanol–water partition coefficient (Wildman–Crippen LogP) is 14.8. The van der Waals surface area contributed by atoms with Crippen LogP contribution in [0.4, 0.5) is 17.1 Å². The van der Waals surface area contributed by atoms with E-state index in [1.165, 1.54) is 83.5 Å². The maximum Gasteiger partial charge on any atom is 0.0725 e. The van der Waals surface area contributed by atoms with Crippen molar-refractivity contribution in [1.29, 1.82) is 0 Å². The van der Waals surface area contributed by atoms with Crippen molar-refractivity contribution in [3.8, 4) is 44.5 Å². The predicted molar refractivity (Wildman–Crippen MR) is 239 cm³/mol. The molecular formula is C56H45N. The summed E-state index contributed by atoms with van der Waals surface area (Å²) in [6.07, 6.45) is 0. The van der Waals surface area contributed by atoms with Crippen LogP contribution in [0, 0.1) is 0 Å². The van der Waals surface area contributed by atoms with Gasteiger partial charge in [-0.2, -0.15) is 0 Å². The summed E-state index contributed by atoms with van der Waals surface area (Å²) < 4.78 is 0. The molecule has 0 N–H and O–H groups in total. The van der Waals surface area contributed by atoms with Crippen molar-refractivity contribution in [1.82, 2.24) is 0 Å². The highest BCUT2D eigenvalue weighted by Crippen LogP contribution is 2.63. The quantitative estimate of drug-likeness (QED) is 0.174. The van der Waals surface area contributed by atoms with Crippen molar-refractivity contribution in [3.63, 3.8) is 0 Å². The van der Waals surface area contributed by atoms with E-state index in [2.05, 4.69) is 222 Å². The number of rotatable bonds is 4. The number of hydrogen-bond acceptors (Lipinski definition) is 1. The molecule has 1 heteroatoms. The van der Waals surface area contributed by atoms with E-state index in [1.54, 1.807) is 0 Å². The number of nitrogens with zero attached hydrogens (tertiary/aromatic N) is 1. The maximum atomic E-state index is 2.52. The van der Waals surface area contributed by atoms with Gasteiger partial charge in [-0.3, -0.25) is 0 Å². The van der Waals surface area contributed by atoms with Crippen molar-refractivity contribution >= 4 is 17.1 Å². The van der Waals surface area contributed by atoms with Crippen LogP contribution in [0.3, 0.4) is 0 Å². The molecule has 0 amide bonds. The Labute approximate surface area is 336 Å². The molecule has 1 nitrogen and oxygen atoms in total. The van der Waals surface area contributed by atoms with Crippen molar-refractivity contribution in [2.45, 2.75) is 50.9 Å². The van der Waals surface area contributed by atoms with Crippen LogP contribution in [0.15, 0.2) is 182 Å². The lowest BCUT2D eigenvalue weighted by Crippen LogP contribution is -2.26. The van der Waals surface area contributed by atoms with Crippen LogP contribution in [0.1, 0.15) is 73.6 Å². The van der Waals surface area contributed by atoms with E-state index in [0.717, 1.165) is 17.1 Å². The van der Waals surface area contributed by atoms with Gasteiger partial charge in [0.2, 0.25) is 0 Å². The third kappa shape index (κ3) is 4.75. The number of hydrogen-bond donors (Lipinski definition) is 0. The molecule has 1 spiro atoms. The average Bonchev–Trinajstić information content (AvgIpc) is 3.79. The summed E-state index contributed by atoms with van der Waals surface area (Å²) in [6, 6.07) is 68.6. The van der Waals surface area contributed by atoms with Gasteiger partial charge in [-0.25, -0.2) is 0 Å². The summed E-state index contributed by atoms with van der Waals surface area (Å²) in [5.41, 5.74) is 22.9. The van der Waals surface area contributed by atoms with Crippen molar-refractivity contribution in [2.75, 3.05) is 4.90 Å². The first-order chi connectivity index (χ1) is 27.7. The fourth-order valence-corrected chi connectivity index (χ4v) is 10.4. The van der Waals surface area contributed by atoms with Gasteiger partial charge in [0.25, 0.3) is 0 Å². The molecule has 0 aliphatic heterocycles. The second kappa shape index (κ2) is 12.0. The highest BCUT2D eigenvalue weighted by atomic mass is 15.1. The molecule has 11 rings (SSSR count). The molecule has 274 valence electrons. The topological polar surface area (TPSA) is 3.24 Å². The highest BCUT2D eigenvalue weighted by Gasteiger charge is 2.52. The van der Waals surface area contributed by atoms with Crippen LogP contribution >= 0.6 is 0 Å². The Hall–Kier alpha value is -6.44. The molecule has 8 aromatic rings. The first-order valence-corrected chi connectivity index (χ1v) is 20.3. The van der Waals surface area contributed by atoms with Gasteiger partial charge in [-0.15, -0.1) is 0 Å². The van der Waals surface area contributed by atoms with Crippen LogP contribution in [0.2, 0.25) is 0 Å². The van der Waals surface area contributed by atoms with E-state index in [4.69, 9.17) is 0 Å². The molecule has 0 fully saturated rings. The fraction of sp³-hybridized carbons (Fsp3) is 0.143. The Kier molecular flexibility index (Phi) is 7.15. The monoisotopic (exact) mass is 731 g/mol. The minimum Gasteiger partial charge on any atom is -0.310 e. The van der Waals surface area contributed by atoms with E-state index in [0.29, 0.717) is 0 Å². The Balaban J connectivity index is 1.15. The zero-order chi connectivity index (χ0) is 38.7. The molecule has 0 aromatic heterocycles. The average molecular weight is 732 g/mol. The molecule has 0 radical (unpaired) electrons. The third-order valence-electron chi connectivity index (χ3n) is 13.3. The zero-order valence-electron chi connectivity index (χ0n) is 33.3. The van der Waals surface area contributed by atoms with E-state index in [1.807, 2.05) is 0 Å². The molecule has 0 saturated carbocycles. The molecule has 0 unspecified atom stereocenters. The molecule has 0 bridgehead atoms. The molecule has 3 aliphatic rings. The molecular weight excluding hydrogens is 687 g/mol. The fourth-order valence-electron chi connectivity index (χ4n) is 10.4. The Morgan fingerprint density at radius 1 is 0.351 bits per heavy atom. The summed E-state index contributed by atoms with van der Waals surface area (Å²) in [6.45, 7) is 11.7. The van der Waals surface area contributed by atoms with Crippen molar-refractivity contribution < 1.29 is 0 Å². The lowest BCUT2D eigenvalue weighted by Gasteiger charge is -2.32. The summed E-state index contributed by atoms with van der Waals surface area (Å²) in [5, 5.41) is 0. The van der Waals surface area contributed by atoms with E-state index in [-0.39, 0.29) is 10.8 Å². The summed E-state index contributed by atoms with van der Waals surface area (Å²) >= 11 is 0. The third-order valence-corrected chi connectivity index (χ3v) is 13.3. The summed E-state index contributed by atoms with van der Waals surface area (Å²) in [5.74, 6) is 0. The standard InChI is InChI=1S/C56H45N/c1-54(2,3)38-25-30-46-47-34-40(29-32-51(47)56(53(46)33-38)49-21-13-10-18-43(49)44-19-11-14-22-50(44)56)57(39-26-23-37(24-27-39)36-15-7-6-8-16-36)41-28-31-45-42-17-9-12-20-48(42)55(4,5)52(45)35-41/h6-35H,1-5H3. The smallest absolute Gasteiger partial charge is 0.0725 e. The lowest BCUT2D eigenvalue weighted by molar-refractivity contribution is 0.588. The van der Waals surface area contributed by atoms with Gasteiger partial charge in [0, 0.05) is 22.5 Å². The molecule has 0 heterocycles. The number of benzene rings is 8. The second-order valence-corrected chi connectivity index (χ2v) is 17.7. The van der Waals surface area contributed by atoms with E-state index < -0.39 is 5.41 Å². The molecule has 0 saturated heterocycles. The van der Waals surface area contributed by atoms with Gasteiger partial charge in [-0.05, 0) is 125 Å². The summed E-state index contributed by atoms with van der Waals surface area (Å²) in [7, 11) is 0. The molecule has 8 aromatic carbocycles. The minimum absolute atomic E-state index is 0.0114. The van der Waals surface area contributed by atoms with Gasteiger partial charge in [-0.1, -0.05) is 180 Å². The van der Waals surface area contributed by atoms with Gasteiger partial charge in [0.05, 0.1) is 5.41 Å². The largest absolute Gasteiger partial charge is 0.310 e. The highest BCUT2D eigenvalue weighted by molar-refractivity contribution is 5.97. The van der Waals surface area contributed by atoms with Crippen LogP contribution < -0.4 is 4.90 Å². The maximum absolute atomic E-state index is 2.52. The molecule has 57 heavy (non-hydrogen) atoms. The summed E-state index contributed by atoms with van der Waals surface area (Å²) in [4.78, 5) is 2.47. The van der Waals surface area contributed by atoms with E-state index >= 15 is 0 Å². The normalized spacial score (nSPS) is 14.7. The Morgan fingerprint density at radius 3 is 1.49 bits per heavy atom. The van der Waals surface area contributed by atoms with Gasteiger partial charge in [0.15, 0.2) is 0 Å². The second-order valence-electron chi connectivity index (χ2n) is 17.7. The van der Waals surface area contributed by atoms with Crippen molar-refractivity contribution in [3.05, 3.63) is 221 Å². The number of fused-ring (bicyclic) bond motifs is 13. The van der Waals surface area contributed by atoms with Gasteiger partial charge < -0.3 is 4.90 Å². The molecule has 0 atom stereocenters. The van der Waals surface area contributed by atoms with Gasteiger partial charge >= 0.3 is 0 Å². The van der Waals surface area contributed by atoms with E-state index in [9.17, 15) is 0 Å². The van der Waals surface area contributed by atoms with Crippen molar-refractivity contribution in [2.24, 2.45) is 0 Å². The minimum atomic E-state index is -0.400. The first-order valence-electron chi connectivity index (χ1n) is 20.3. The van der Waals surface area contributed by atoms with Crippen LogP contribution in [0.5, 0.6) is 0 Å². The Morgan fingerprint density at radius 2 is 0.825 bits per heavy atom. The SMILES string of the molecule is CC(C)(C)c1ccc2c(c1)C1(c3ccccc3-c3ccccc31)c1ccc(N(c3ccc(-c4ccccc4)cc3)c3ccc4c(c3)C(C)(C)c3ccccc3-4)cc1-2. The van der Waals surface area contributed by atoms with Gasteiger partial charge in [0.1, 0.15) is 0 Å². The zero-order valence-corrected chi connectivity index (χ0v) is 33.3. The Bertz CT molecular complexity index is 2860. The van der Waals surface area contributed by atoms with Crippen LogP contribution in [-0.4, -0.2) is 0 Å². The first kappa shape index (κ1) is 33.9. The van der Waals surface area contributed by atoms with Crippen LogP contribution in [-0.2, 0) is 16.2 Å². The van der Waals surface area contributed by atoms with Crippen LogP contribution in [0.25, 0.3) is 44.5 Å². The lowest BCUT2D eigenvalue weighted by atomic mass is 9.69. The number of anilines is 3. The molecule has 3 aliphatic carbocycles.